The number of ether oxygens (including phenoxy) is 4. The molecule has 4 fully saturated rings. The summed E-state index contributed by atoms with van der Waals surface area (Å²) in [5.41, 5.74) is 5.89. The molecular formula is C29H31N3O6. The number of carbonyl (C=O) groups excluding carboxylic acids is 2. The highest BCUT2D eigenvalue weighted by atomic mass is 16.5. The minimum absolute atomic E-state index is 0.131. The van der Waals surface area contributed by atoms with Gasteiger partial charge in [0.05, 0.1) is 26.3 Å². The van der Waals surface area contributed by atoms with Crippen LogP contribution in [0.25, 0.3) is 10.9 Å². The number of amides is 2. The fourth-order valence-electron chi connectivity index (χ4n) is 6.47. The van der Waals surface area contributed by atoms with Gasteiger partial charge >= 0.3 is 0 Å². The molecule has 0 radical (unpaired) electrons. The summed E-state index contributed by atoms with van der Waals surface area (Å²) >= 11 is 0. The Morgan fingerprint density at radius 1 is 0.947 bits per heavy atom. The molecule has 4 aliphatic rings. The molecule has 3 aromatic rings. The molecule has 9 heteroatoms. The number of rotatable bonds is 10. The molecule has 0 unspecified atom stereocenters. The van der Waals surface area contributed by atoms with Crippen molar-refractivity contribution < 1.29 is 28.5 Å². The average Bonchev–Trinajstić information content (AvgIpc) is 3.69. The van der Waals surface area contributed by atoms with Crippen molar-refractivity contribution in [3.05, 3.63) is 48.7 Å². The summed E-state index contributed by atoms with van der Waals surface area (Å²) in [5.74, 6) is 1.66. The zero-order valence-electron chi connectivity index (χ0n) is 21.8. The van der Waals surface area contributed by atoms with Gasteiger partial charge in [-0.05, 0) is 68.5 Å². The lowest BCUT2D eigenvalue weighted by atomic mass is 9.39. The summed E-state index contributed by atoms with van der Waals surface area (Å²) in [6, 6.07) is 12.9. The molecule has 2 aromatic carbocycles. The van der Waals surface area contributed by atoms with Gasteiger partial charge in [-0.15, -0.1) is 0 Å². The molecule has 4 saturated carbocycles. The van der Waals surface area contributed by atoms with Crippen molar-refractivity contribution in [3.8, 4) is 23.0 Å². The van der Waals surface area contributed by atoms with Gasteiger partial charge in [-0.2, -0.15) is 0 Å². The molecule has 0 spiro atoms. The van der Waals surface area contributed by atoms with Gasteiger partial charge in [0.2, 0.25) is 11.8 Å². The molecule has 38 heavy (non-hydrogen) atoms. The molecule has 9 nitrogen and oxygen atoms in total. The lowest BCUT2D eigenvalue weighted by Gasteiger charge is -2.73. The third-order valence-electron chi connectivity index (χ3n) is 8.40. The van der Waals surface area contributed by atoms with Gasteiger partial charge in [0.25, 0.3) is 0 Å². The van der Waals surface area contributed by atoms with Gasteiger partial charge in [-0.25, -0.2) is 0 Å². The van der Waals surface area contributed by atoms with Crippen LogP contribution in [0.1, 0.15) is 32.1 Å². The Kier molecular flexibility index (Phi) is 5.54. The monoisotopic (exact) mass is 517 g/mol. The summed E-state index contributed by atoms with van der Waals surface area (Å²) < 4.78 is 22.5. The third-order valence-corrected chi connectivity index (χ3v) is 8.40. The molecule has 7 rings (SSSR count). The van der Waals surface area contributed by atoms with E-state index in [-0.39, 0.29) is 16.9 Å². The Morgan fingerprint density at radius 2 is 1.61 bits per heavy atom. The van der Waals surface area contributed by atoms with E-state index in [1.807, 2.05) is 35.2 Å². The number of hydrogen-bond donors (Lipinski definition) is 1. The smallest absolute Gasteiger partial charge is 0.243 e. The van der Waals surface area contributed by atoms with Crippen LogP contribution in [0.3, 0.4) is 0 Å². The van der Waals surface area contributed by atoms with Crippen LogP contribution >= 0.6 is 0 Å². The minimum Gasteiger partial charge on any atom is -0.493 e. The van der Waals surface area contributed by atoms with Crippen LogP contribution in [0.4, 0.5) is 5.69 Å². The summed E-state index contributed by atoms with van der Waals surface area (Å²) in [5, 5.41) is 0.778. The van der Waals surface area contributed by atoms with E-state index in [0.717, 1.165) is 30.3 Å². The Bertz CT molecular complexity index is 1410. The molecule has 2 N–H and O–H groups in total. The first-order chi connectivity index (χ1) is 18.3. The van der Waals surface area contributed by atoms with E-state index in [4.69, 9.17) is 24.7 Å². The van der Waals surface area contributed by atoms with Crippen LogP contribution < -0.4 is 24.8 Å². The van der Waals surface area contributed by atoms with Gasteiger partial charge in [0, 0.05) is 41.4 Å². The average molecular weight is 518 g/mol. The molecule has 0 atom stereocenters. The second-order valence-electron chi connectivity index (χ2n) is 10.9. The molecule has 198 valence electrons. The van der Waals surface area contributed by atoms with Crippen LogP contribution in [0, 0.1) is 10.8 Å². The Hall–Kier alpha value is -3.85. The van der Waals surface area contributed by atoms with Gasteiger partial charge < -0.3 is 29.6 Å². The molecule has 1 heterocycles. The zero-order chi connectivity index (χ0) is 26.7. The van der Waals surface area contributed by atoms with Crippen molar-refractivity contribution >= 4 is 28.4 Å². The number of nitrogens with two attached hydrogens (primary N) is 1. The van der Waals surface area contributed by atoms with Crippen molar-refractivity contribution in [2.24, 2.45) is 16.6 Å². The molecular weight excluding hydrogens is 486 g/mol. The van der Waals surface area contributed by atoms with E-state index < -0.39 is 11.3 Å². The summed E-state index contributed by atoms with van der Waals surface area (Å²) in [6.07, 6.45) is 5.27. The summed E-state index contributed by atoms with van der Waals surface area (Å²) in [7, 11) is 4.87. The number of carbonyl (C=O) groups is 2. The number of benzene rings is 2. The summed E-state index contributed by atoms with van der Waals surface area (Å²) in [6.45, 7) is 0.682. The van der Waals surface area contributed by atoms with E-state index in [1.54, 1.807) is 39.7 Å². The maximum absolute atomic E-state index is 13.8. The number of fused-ring (bicyclic) bond motifs is 1. The van der Waals surface area contributed by atoms with Crippen molar-refractivity contribution in [2.45, 2.75) is 37.6 Å². The van der Waals surface area contributed by atoms with Gasteiger partial charge in [-0.3, -0.25) is 14.6 Å². The van der Waals surface area contributed by atoms with E-state index in [9.17, 15) is 9.59 Å². The molecule has 2 bridgehead atoms. The first kappa shape index (κ1) is 24.5. The molecule has 0 aliphatic heterocycles. The molecule has 2 amide bonds. The highest BCUT2D eigenvalue weighted by molar-refractivity contribution is 6.14. The summed E-state index contributed by atoms with van der Waals surface area (Å²) in [4.78, 5) is 32.3. The van der Waals surface area contributed by atoms with E-state index in [1.165, 1.54) is 0 Å². The zero-order valence-corrected chi connectivity index (χ0v) is 21.8. The number of hydrogen-bond acceptors (Lipinski definition) is 7. The van der Waals surface area contributed by atoms with Crippen molar-refractivity contribution in [1.29, 1.82) is 0 Å². The predicted octanol–water partition coefficient (Wildman–Crippen LogP) is 4.21. The number of nitrogens with zero attached hydrogens (tertiary/aromatic N) is 2. The second kappa shape index (κ2) is 8.59. The lowest BCUT2D eigenvalue weighted by molar-refractivity contribution is -0.175. The van der Waals surface area contributed by atoms with Crippen molar-refractivity contribution in [2.75, 3.05) is 32.8 Å². The van der Waals surface area contributed by atoms with Crippen LogP contribution in [0.5, 0.6) is 23.0 Å². The number of methoxy groups -OCH3 is 3. The predicted molar refractivity (Wildman–Crippen MR) is 141 cm³/mol. The SMILES string of the molecule is COCC12CC(N(C(=O)C3(C(N)=O)CC3)c3ccc(Oc4ccnc5cc(OC)c(OC)cc45)cc3)(C1)C2. The lowest BCUT2D eigenvalue weighted by Crippen LogP contribution is -2.78. The fourth-order valence-corrected chi connectivity index (χ4v) is 6.47. The molecule has 0 saturated heterocycles. The quantitative estimate of drug-likeness (QED) is 0.401. The van der Waals surface area contributed by atoms with Crippen LogP contribution in [-0.2, 0) is 14.3 Å². The second-order valence-corrected chi connectivity index (χ2v) is 10.9. The highest BCUT2D eigenvalue weighted by Crippen LogP contribution is 2.71. The first-order valence-electron chi connectivity index (χ1n) is 12.7. The largest absolute Gasteiger partial charge is 0.493 e. The van der Waals surface area contributed by atoms with Crippen molar-refractivity contribution in [1.82, 2.24) is 4.98 Å². The number of pyridine rings is 1. The van der Waals surface area contributed by atoms with Gasteiger partial charge in [0.15, 0.2) is 11.5 Å². The highest BCUT2D eigenvalue weighted by Gasteiger charge is 2.73. The molecule has 4 aliphatic carbocycles. The Morgan fingerprint density at radius 3 is 2.18 bits per heavy atom. The maximum Gasteiger partial charge on any atom is 0.243 e. The Balaban J connectivity index is 1.29. The van der Waals surface area contributed by atoms with Gasteiger partial charge in [-0.1, -0.05) is 0 Å². The fraction of sp³-hybridized carbons (Fsp3) is 0.414. The first-order valence-corrected chi connectivity index (χ1v) is 12.7. The number of anilines is 1. The number of primary amides is 1. The third kappa shape index (κ3) is 3.60. The van der Waals surface area contributed by atoms with E-state index >= 15 is 0 Å². The number of aromatic nitrogens is 1. The minimum atomic E-state index is -1.09. The van der Waals surface area contributed by atoms with E-state index in [2.05, 4.69) is 4.98 Å². The Labute approximate surface area is 220 Å². The van der Waals surface area contributed by atoms with Gasteiger partial charge in [0.1, 0.15) is 16.9 Å². The standard InChI is InChI=1S/C29H31N3O6/c1-35-17-27-14-28(15-27,16-27)32(26(34)29(9-10-29)25(30)33)18-4-6-19(7-5-18)38-22-8-11-31-21-13-24(37-3)23(36-2)12-20(21)22/h4-8,11-13H,9-10,14-17H2,1-3H3,(H2,30,33). The van der Waals surface area contributed by atoms with Crippen LogP contribution in [-0.4, -0.2) is 50.3 Å². The van der Waals surface area contributed by atoms with Crippen LogP contribution in [0.15, 0.2) is 48.7 Å². The normalized spacial score (nSPS) is 24.1. The van der Waals surface area contributed by atoms with Crippen LogP contribution in [0.2, 0.25) is 0 Å². The van der Waals surface area contributed by atoms with Crippen molar-refractivity contribution in [3.63, 3.8) is 0 Å². The topological polar surface area (TPSA) is 113 Å². The van der Waals surface area contributed by atoms with E-state index in [0.29, 0.717) is 48.0 Å². The maximum atomic E-state index is 13.8. The molecule has 1 aromatic heterocycles.